The quantitative estimate of drug-likeness (QED) is 0.576. The Bertz CT molecular complexity index is 1030. The van der Waals surface area contributed by atoms with Crippen LogP contribution in [0.2, 0.25) is 0 Å². The molecule has 0 aliphatic carbocycles. The molecule has 2 aromatic heterocycles. The van der Waals surface area contributed by atoms with Gasteiger partial charge in [0.05, 0.1) is 17.3 Å². The third-order valence-electron chi connectivity index (χ3n) is 4.92. The first-order valence-electron chi connectivity index (χ1n) is 8.72. The van der Waals surface area contributed by atoms with E-state index in [9.17, 15) is 5.11 Å². The second-order valence-corrected chi connectivity index (χ2v) is 6.68. The second-order valence-electron chi connectivity index (χ2n) is 6.68. The van der Waals surface area contributed by atoms with Gasteiger partial charge in [0.15, 0.2) is 0 Å². The Morgan fingerprint density at radius 2 is 1.80 bits per heavy atom. The Hall–Kier alpha value is -2.65. The molecule has 0 saturated carbocycles. The van der Waals surface area contributed by atoms with Crippen molar-refractivity contribution in [3.8, 4) is 0 Å². The van der Waals surface area contributed by atoms with Crippen molar-refractivity contribution in [1.82, 2.24) is 9.55 Å². The van der Waals surface area contributed by atoms with E-state index < -0.39 is 6.10 Å². The van der Waals surface area contributed by atoms with Gasteiger partial charge in [-0.1, -0.05) is 42.5 Å². The largest absolute Gasteiger partial charge is 0.388 e. The molecule has 0 saturated heterocycles. The fourth-order valence-corrected chi connectivity index (χ4v) is 3.66. The number of aliphatic hydroxyl groups excluding tert-OH is 1. The molecule has 4 rings (SSSR count). The molecule has 4 aromatic rings. The molecule has 0 radical (unpaired) electrons. The summed E-state index contributed by atoms with van der Waals surface area (Å²) in [5.41, 5.74) is 5.62. The van der Waals surface area contributed by atoms with E-state index in [4.69, 9.17) is 0 Å². The molecule has 0 spiro atoms. The van der Waals surface area contributed by atoms with Gasteiger partial charge < -0.3 is 9.67 Å². The van der Waals surface area contributed by atoms with Crippen LogP contribution in [0.25, 0.3) is 21.8 Å². The Kier molecular flexibility index (Phi) is 4.02. The average Bonchev–Trinajstić information content (AvgIpc) is 2.94. The number of pyridine rings is 1. The van der Waals surface area contributed by atoms with Gasteiger partial charge in [-0.15, -0.1) is 0 Å². The third kappa shape index (κ3) is 2.81. The molecule has 0 bridgehead atoms. The van der Waals surface area contributed by atoms with E-state index in [-0.39, 0.29) is 0 Å². The Morgan fingerprint density at radius 1 is 1.00 bits per heavy atom. The molecule has 3 nitrogen and oxygen atoms in total. The first kappa shape index (κ1) is 15.9. The molecule has 1 N–H and O–H groups in total. The molecule has 1 unspecified atom stereocenters. The van der Waals surface area contributed by atoms with E-state index in [0.29, 0.717) is 6.42 Å². The number of hydrogen-bond acceptors (Lipinski definition) is 2. The van der Waals surface area contributed by atoms with Gasteiger partial charge in [-0.25, -0.2) is 0 Å². The second kappa shape index (κ2) is 6.34. The van der Waals surface area contributed by atoms with Crippen LogP contribution in [0.3, 0.4) is 0 Å². The third-order valence-corrected chi connectivity index (χ3v) is 4.92. The van der Waals surface area contributed by atoms with Crippen molar-refractivity contribution in [3.05, 3.63) is 77.6 Å². The van der Waals surface area contributed by atoms with Crippen molar-refractivity contribution in [3.63, 3.8) is 0 Å². The van der Waals surface area contributed by atoms with Gasteiger partial charge in [0, 0.05) is 29.0 Å². The maximum Gasteiger partial charge on any atom is 0.0807 e. The predicted octanol–water partition coefficient (Wildman–Crippen LogP) is 4.93. The number of benzene rings is 2. The Balaban J connectivity index is 1.78. The summed E-state index contributed by atoms with van der Waals surface area (Å²) in [6, 6.07) is 18.5. The van der Waals surface area contributed by atoms with Crippen LogP contribution >= 0.6 is 0 Å². The SMILES string of the molecule is Cc1ccc2c3ccnc(C)c3n(CCC(O)c3ccccc3)c2c1. The van der Waals surface area contributed by atoms with Crippen LogP contribution in [-0.2, 0) is 6.54 Å². The minimum atomic E-state index is -0.463. The number of fused-ring (bicyclic) bond motifs is 3. The van der Waals surface area contributed by atoms with Gasteiger partial charge in [0.1, 0.15) is 0 Å². The van der Waals surface area contributed by atoms with Gasteiger partial charge in [-0.05, 0) is 43.5 Å². The summed E-state index contributed by atoms with van der Waals surface area (Å²) in [6.45, 7) is 4.93. The van der Waals surface area contributed by atoms with E-state index in [0.717, 1.165) is 17.8 Å². The van der Waals surface area contributed by atoms with Crippen LogP contribution in [0.15, 0.2) is 60.8 Å². The van der Waals surface area contributed by atoms with E-state index in [2.05, 4.69) is 47.7 Å². The van der Waals surface area contributed by atoms with E-state index in [1.807, 2.05) is 36.5 Å². The van der Waals surface area contributed by atoms with Gasteiger partial charge in [0.2, 0.25) is 0 Å². The van der Waals surface area contributed by atoms with E-state index in [1.165, 1.54) is 27.4 Å². The van der Waals surface area contributed by atoms with Crippen LogP contribution < -0.4 is 0 Å². The maximum absolute atomic E-state index is 10.6. The Morgan fingerprint density at radius 3 is 2.60 bits per heavy atom. The molecule has 0 amide bonds. The monoisotopic (exact) mass is 330 g/mol. The highest BCUT2D eigenvalue weighted by Gasteiger charge is 2.15. The van der Waals surface area contributed by atoms with Crippen molar-refractivity contribution in [2.75, 3.05) is 0 Å². The smallest absolute Gasteiger partial charge is 0.0807 e. The molecule has 25 heavy (non-hydrogen) atoms. The van der Waals surface area contributed by atoms with Gasteiger partial charge in [0.25, 0.3) is 0 Å². The summed E-state index contributed by atoms with van der Waals surface area (Å²) >= 11 is 0. The summed E-state index contributed by atoms with van der Waals surface area (Å²) in [5.74, 6) is 0. The lowest BCUT2D eigenvalue weighted by Crippen LogP contribution is -2.05. The summed E-state index contributed by atoms with van der Waals surface area (Å²) in [4.78, 5) is 4.49. The van der Waals surface area contributed by atoms with Crippen LogP contribution in [0.5, 0.6) is 0 Å². The first-order valence-corrected chi connectivity index (χ1v) is 8.72. The number of aliphatic hydroxyl groups is 1. The molecule has 0 fully saturated rings. The van der Waals surface area contributed by atoms with Crippen molar-refractivity contribution in [2.24, 2.45) is 0 Å². The number of hydrogen-bond donors (Lipinski definition) is 1. The summed E-state index contributed by atoms with van der Waals surface area (Å²) in [7, 11) is 0. The zero-order chi connectivity index (χ0) is 17.4. The van der Waals surface area contributed by atoms with Crippen LogP contribution in [0.4, 0.5) is 0 Å². The lowest BCUT2D eigenvalue weighted by molar-refractivity contribution is 0.162. The zero-order valence-electron chi connectivity index (χ0n) is 14.6. The highest BCUT2D eigenvalue weighted by atomic mass is 16.3. The first-order chi connectivity index (χ1) is 12.1. The highest BCUT2D eigenvalue weighted by Crippen LogP contribution is 2.32. The summed E-state index contributed by atoms with van der Waals surface area (Å²) in [6.07, 6.45) is 2.08. The maximum atomic E-state index is 10.6. The van der Waals surface area contributed by atoms with Crippen LogP contribution in [0, 0.1) is 13.8 Å². The van der Waals surface area contributed by atoms with Crippen molar-refractivity contribution < 1.29 is 5.11 Å². The van der Waals surface area contributed by atoms with Crippen LogP contribution in [0.1, 0.15) is 29.3 Å². The number of nitrogens with zero attached hydrogens (tertiary/aromatic N) is 2. The topological polar surface area (TPSA) is 38.0 Å². The minimum absolute atomic E-state index is 0.463. The molecule has 0 aliphatic rings. The van der Waals surface area contributed by atoms with E-state index >= 15 is 0 Å². The molecule has 126 valence electrons. The molecule has 2 heterocycles. The van der Waals surface area contributed by atoms with E-state index in [1.54, 1.807) is 0 Å². The molecule has 3 heteroatoms. The summed E-state index contributed by atoms with van der Waals surface area (Å²) in [5, 5.41) is 13.0. The average molecular weight is 330 g/mol. The van der Waals surface area contributed by atoms with Gasteiger partial charge in [-0.3, -0.25) is 4.98 Å². The normalized spacial score (nSPS) is 12.8. The predicted molar refractivity (Wildman–Crippen MR) is 103 cm³/mol. The fraction of sp³-hybridized carbons (Fsp3) is 0.227. The standard InChI is InChI=1S/C22H22N2O/c1-15-8-9-18-19-10-12-23-16(2)22(19)24(20(18)14-15)13-11-21(25)17-6-4-3-5-7-17/h3-10,12,14,21,25H,11,13H2,1-2H3. The molecular formula is C22H22N2O. The van der Waals surface area contributed by atoms with Gasteiger partial charge in [-0.2, -0.15) is 0 Å². The number of aromatic nitrogens is 2. The lowest BCUT2D eigenvalue weighted by atomic mass is 10.1. The summed E-state index contributed by atoms with van der Waals surface area (Å²) < 4.78 is 2.31. The van der Waals surface area contributed by atoms with Crippen molar-refractivity contribution in [2.45, 2.75) is 32.9 Å². The fourth-order valence-electron chi connectivity index (χ4n) is 3.66. The number of rotatable bonds is 4. The molecule has 2 aromatic carbocycles. The zero-order valence-corrected chi connectivity index (χ0v) is 14.6. The van der Waals surface area contributed by atoms with Gasteiger partial charge >= 0.3 is 0 Å². The van der Waals surface area contributed by atoms with Crippen molar-refractivity contribution in [1.29, 1.82) is 0 Å². The molecule has 0 aliphatic heterocycles. The minimum Gasteiger partial charge on any atom is -0.388 e. The molecule has 1 atom stereocenters. The molecular weight excluding hydrogens is 308 g/mol. The lowest BCUT2D eigenvalue weighted by Gasteiger charge is -2.14. The van der Waals surface area contributed by atoms with Crippen LogP contribution in [-0.4, -0.2) is 14.7 Å². The highest BCUT2D eigenvalue weighted by molar-refractivity contribution is 6.08. The number of aryl methyl sites for hydroxylation is 3. The van der Waals surface area contributed by atoms with Crippen molar-refractivity contribution >= 4 is 21.8 Å². The Labute approximate surface area is 147 Å².